The number of ether oxygens (including phenoxy) is 2. The molecule has 21 heavy (non-hydrogen) atoms. The van der Waals surface area contributed by atoms with Gasteiger partial charge in [0.1, 0.15) is 6.61 Å². The van der Waals surface area contributed by atoms with Crippen molar-refractivity contribution >= 4 is 27.3 Å². The van der Waals surface area contributed by atoms with Crippen LogP contribution in [0.1, 0.15) is 24.3 Å². The maximum Gasteiger partial charge on any atom is 0.175 e. The van der Waals surface area contributed by atoms with E-state index in [1.54, 1.807) is 11.3 Å². The lowest BCUT2D eigenvalue weighted by molar-refractivity contribution is 0.269. The SMILES string of the molecule is CCNCc1cc(Br)c(OCc2cccs2)c(OCC)c1. The van der Waals surface area contributed by atoms with E-state index in [9.17, 15) is 0 Å². The molecule has 0 bridgehead atoms. The van der Waals surface area contributed by atoms with Gasteiger partial charge in [-0.2, -0.15) is 0 Å². The fraction of sp³-hybridized carbons (Fsp3) is 0.375. The zero-order valence-electron chi connectivity index (χ0n) is 12.3. The molecule has 0 saturated heterocycles. The smallest absolute Gasteiger partial charge is 0.175 e. The van der Waals surface area contributed by atoms with E-state index >= 15 is 0 Å². The molecule has 1 N–H and O–H groups in total. The van der Waals surface area contributed by atoms with Gasteiger partial charge in [0, 0.05) is 11.4 Å². The molecule has 0 amide bonds. The molecule has 0 atom stereocenters. The minimum absolute atomic E-state index is 0.558. The quantitative estimate of drug-likeness (QED) is 0.737. The largest absolute Gasteiger partial charge is 0.490 e. The Morgan fingerprint density at radius 1 is 1.24 bits per heavy atom. The average molecular weight is 370 g/mol. The molecule has 0 spiro atoms. The van der Waals surface area contributed by atoms with E-state index in [1.807, 2.05) is 19.1 Å². The number of rotatable bonds is 8. The van der Waals surface area contributed by atoms with Crippen LogP contribution in [0.5, 0.6) is 11.5 Å². The van der Waals surface area contributed by atoms with E-state index in [0.29, 0.717) is 13.2 Å². The Bertz CT molecular complexity index is 558. The summed E-state index contributed by atoms with van der Waals surface area (Å²) in [6.45, 7) is 7.01. The van der Waals surface area contributed by atoms with Gasteiger partial charge in [0.15, 0.2) is 11.5 Å². The van der Waals surface area contributed by atoms with Gasteiger partial charge in [-0.3, -0.25) is 0 Å². The summed E-state index contributed by atoms with van der Waals surface area (Å²) in [6, 6.07) is 8.22. The molecule has 0 aliphatic rings. The van der Waals surface area contributed by atoms with Crippen molar-refractivity contribution in [2.45, 2.75) is 27.0 Å². The summed E-state index contributed by atoms with van der Waals surface area (Å²) in [5.41, 5.74) is 1.18. The number of nitrogens with one attached hydrogen (secondary N) is 1. The maximum absolute atomic E-state index is 5.94. The van der Waals surface area contributed by atoms with Crippen LogP contribution >= 0.6 is 27.3 Å². The minimum Gasteiger partial charge on any atom is -0.490 e. The van der Waals surface area contributed by atoms with Crippen LogP contribution < -0.4 is 14.8 Å². The summed E-state index contributed by atoms with van der Waals surface area (Å²) in [4.78, 5) is 1.20. The molecular weight excluding hydrogens is 350 g/mol. The summed E-state index contributed by atoms with van der Waals surface area (Å²) in [6.07, 6.45) is 0. The molecule has 3 nitrogen and oxygen atoms in total. The highest BCUT2D eigenvalue weighted by Gasteiger charge is 2.12. The average Bonchev–Trinajstić information content (AvgIpc) is 2.98. The molecule has 0 fully saturated rings. The second-order valence-corrected chi connectivity index (χ2v) is 6.37. The predicted octanol–water partition coefficient (Wildman–Crippen LogP) is 4.60. The maximum atomic E-state index is 5.94. The Labute approximate surface area is 138 Å². The van der Waals surface area contributed by atoms with E-state index in [4.69, 9.17) is 9.47 Å². The molecular formula is C16H20BrNO2S. The Morgan fingerprint density at radius 3 is 2.76 bits per heavy atom. The third-order valence-corrected chi connectivity index (χ3v) is 4.33. The fourth-order valence-electron chi connectivity index (χ4n) is 1.93. The lowest BCUT2D eigenvalue weighted by Crippen LogP contribution is -2.12. The van der Waals surface area contributed by atoms with Gasteiger partial charge in [-0.1, -0.05) is 13.0 Å². The van der Waals surface area contributed by atoms with Crippen molar-refractivity contribution in [3.63, 3.8) is 0 Å². The standard InChI is InChI=1S/C16H20BrNO2S/c1-3-18-10-12-8-14(17)16(15(9-12)19-4-2)20-11-13-6-5-7-21-13/h5-9,18H,3-4,10-11H2,1-2H3. The van der Waals surface area contributed by atoms with Crippen LogP contribution in [0.3, 0.4) is 0 Å². The number of thiophene rings is 1. The summed E-state index contributed by atoms with van der Waals surface area (Å²) in [7, 11) is 0. The Morgan fingerprint density at radius 2 is 2.10 bits per heavy atom. The van der Waals surface area contributed by atoms with Crippen LogP contribution in [0.4, 0.5) is 0 Å². The summed E-state index contributed by atoms with van der Waals surface area (Å²) in [5.74, 6) is 1.56. The topological polar surface area (TPSA) is 30.5 Å². The monoisotopic (exact) mass is 369 g/mol. The normalized spacial score (nSPS) is 10.6. The first-order chi connectivity index (χ1) is 10.2. The highest BCUT2D eigenvalue weighted by molar-refractivity contribution is 9.10. The van der Waals surface area contributed by atoms with Gasteiger partial charge in [0.2, 0.25) is 0 Å². The number of hydrogen-bond donors (Lipinski definition) is 1. The van der Waals surface area contributed by atoms with Crippen molar-refractivity contribution in [3.8, 4) is 11.5 Å². The lowest BCUT2D eigenvalue weighted by Gasteiger charge is -2.15. The summed E-state index contributed by atoms with van der Waals surface area (Å²) < 4.78 is 12.6. The van der Waals surface area contributed by atoms with Crippen LogP contribution in [0, 0.1) is 0 Å². The molecule has 0 aliphatic carbocycles. The van der Waals surface area contributed by atoms with Crippen LogP contribution in [0.2, 0.25) is 0 Å². The molecule has 5 heteroatoms. The van der Waals surface area contributed by atoms with E-state index in [-0.39, 0.29) is 0 Å². The molecule has 0 unspecified atom stereocenters. The van der Waals surface area contributed by atoms with Gasteiger partial charge in [-0.05, 0) is 58.5 Å². The van der Waals surface area contributed by atoms with Crippen LogP contribution in [-0.2, 0) is 13.2 Å². The third kappa shape index (κ3) is 4.73. The van der Waals surface area contributed by atoms with Crippen molar-refractivity contribution in [1.29, 1.82) is 0 Å². The zero-order valence-corrected chi connectivity index (χ0v) is 14.7. The minimum atomic E-state index is 0.558. The van der Waals surface area contributed by atoms with Crippen molar-refractivity contribution in [3.05, 3.63) is 44.6 Å². The Balaban J connectivity index is 2.17. The van der Waals surface area contributed by atoms with E-state index in [0.717, 1.165) is 29.1 Å². The van der Waals surface area contributed by atoms with Crippen LogP contribution in [-0.4, -0.2) is 13.2 Å². The summed E-state index contributed by atoms with van der Waals surface area (Å²) in [5, 5.41) is 5.37. The molecule has 1 heterocycles. The van der Waals surface area contributed by atoms with Gasteiger partial charge >= 0.3 is 0 Å². The Kier molecular flexibility index (Phi) is 6.54. The van der Waals surface area contributed by atoms with E-state index in [2.05, 4.69) is 45.7 Å². The van der Waals surface area contributed by atoms with Crippen LogP contribution in [0.15, 0.2) is 34.1 Å². The molecule has 1 aromatic carbocycles. The fourth-order valence-corrected chi connectivity index (χ4v) is 3.15. The molecule has 114 valence electrons. The molecule has 0 saturated carbocycles. The molecule has 2 rings (SSSR count). The second kappa shape index (κ2) is 8.41. The number of hydrogen-bond acceptors (Lipinski definition) is 4. The number of halogens is 1. The molecule has 0 aliphatic heterocycles. The first-order valence-corrected chi connectivity index (χ1v) is 8.73. The predicted molar refractivity (Wildman–Crippen MR) is 91.3 cm³/mol. The van der Waals surface area contributed by atoms with Crippen LogP contribution in [0.25, 0.3) is 0 Å². The van der Waals surface area contributed by atoms with Gasteiger partial charge in [0.05, 0.1) is 11.1 Å². The highest BCUT2D eigenvalue weighted by atomic mass is 79.9. The van der Waals surface area contributed by atoms with Gasteiger partial charge in [-0.25, -0.2) is 0 Å². The highest BCUT2D eigenvalue weighted by Crippen LogP contribution is 2.37. The first-order valence-electron chi connectivity index (χ1n) is 7.05. The van der Waals surface area contributed by atoms with Gasteiger partial charge < -0.3 is 14.8 Å². The van der Waals surface area contributed by atoms with E-state index in [1.165, 1.54) is 10.4 Å². The van der Waals surface area contributed by atoms with E-state index < -0.39 is 0 Å². The second-order valence-electron chi connectivity index (χ2n) is 4.49. The molecule has 1 aromatic heterocycles. The zero-order chi connectivity index (χ0) is 15.1. The molecule has 0 radical (unpaired) electrons. The van der Waals surface area contributed by atoms with Gasteiger partial charge in [-0.15, -0.1) is 11.3 Å². The Hall–Kier alpha value is -1.04. The molecule has 2 aromatic rings. The van der Waals surface area contributed by atoms with Crippen molar-refractivity contribution in [1.82, 2.24) is 5.32 Å². The third-order valence-electron chi connectivity index (χ3n) is 2.89. The van der Waals surface area contributed by atoms with Crippen molar-refractivity contribution in [2.24, 2.45) is 0 Å². The summed E-state index contributed by atoms with van der Waals surface area (Å²) >= 11 is 5.29. The van der Waals surface area contributed by atoms with Crippen molar-refractivity contribution < 1.29 is 9.47 Å². The van der Waals surface area contributed by atoms with Gasteiger partial charge in [0.25, 0.3) is 0 Å². The lowest BCUT2D eigenvalue weighted by atomic mass is 10.2. The first kappa shape index (κ1) is 16.3. The van der Waals surface area contributed by atoms with Crippen molar-refractivity contribution in [2.75, 3.05) is 13.2 Å². The number of benzene rings is 1.